The van der Waals surface area contributed by atoms with Crippen LogP contribution in [0.5, 0.6) is 0 Å². The lowest BCUT2D eigenvalue weighted by Crippen LogP contribution is -2.46. The number of pyridine rings is 1. The number of carbonyl (C=O) groups is 1. The first-order valence-electron chi connectivity index (χ1n) is 11.6. The van der Waals surface area contributed by atoms with Crippen LogP contribution in [-0.4, -0.2) is 48.8 Å². The van der Waals surface area contributed by atoms with Gasteiger partial charge < -0.3 is 9.42 Å². The summed E-state index contributed by atoms with van der Waals surface area (Å²) in [5.74, 6) is 2.28. The first-order chi connectivity index (χ1) is 15.5. The number of hydrogen-bond donors (Lipinski definition) is 0. The third-order valence-corrected chi connectivity index (χ3v) is 6.92. The highest BCUT2D eigenvalue weighted by Gasteiger charge is 2.44. The molecule has 32 heavy (non-hydrogen) atoms. The molecule has 8 nitrogen and oxygen atoms in total. The molecule has 0 bridgehead atoms. The minimum absolute atomic E-state index is 0.109. The minimum atomic E-state index is -0.109. The molecular weight excluding hydrogens is 404 g/mol. The molecule has 2 fully saturated rings. The molecule has 168 valence electrons. The molecule has 0 unspecified atom stereocenters. The van der Waals surface area contributed by atoms with Gasteiger partial charge in [0.15, 0.2) is 5.82 Å². The summed E-state index contributed by atoms with van der Waals surface area (Å²) in [4.78, 5) is 23.7. The highest BCUT2D eigenvalue weighted by molar-refractivity contribution is 5.76. The second-order valence-corrected chi connectivity index (χ2v) is 9.37. The van der Waals surface area contributed by atoms with Gasteiger partial charge in [0, 0.05) is 55.1 Å². The molecular formula is C24H30N6O2. The van der Waals surface area contributed by atoms with Gasteiger partial charge in [-0.2, -0.15) is 10.1 Å². The molecule has 5 rings (SSSR count). The summed E-state index contributed by atoms with van der Waals surface area (Å²) in [7, 11) is 0. The highest BCUT2D eigenvalue weighted by Crippen LogP contribution is 2.46. The number of rotatable bonds is 7. The largest absolute Gasteiger partial charge is 0.343 e. The number of nitrogens with zero attached hydrogens (tertiary/aromatic N) is 6. The summed E-state index contributed by atoms with van der Waals surface area (Å²) in [6.07, 6.45) is 9.34. The molecule has 3 aromatic heterocycles. The molecule has 0 radical (unpaired) electrons. The summed E-state index contributed by atoms with van der Waals surface area (Å²) in [5, 5.41) is 8.88. The van der Waals surface area contributed by atoms with E-state index in [4.69, 9.17) is 9.51 Å². The molecule has 3 aromatic rings. The first-order valence-corrected chi connectivity index (χ1v) is 11.6. The van der Waals surface area contributed by atoms with Gasteiger partial charge in [-0.3, -0.25) is 14.5 Å². The fraction of sp³-hybridized carbons (Fsp3) is 0.542. The Morgan fingerprint density at radius 3 is 2.59 bits per heavy atom. The van der Waals surface area contributed by atoms with Crippen molar-refractivity contribution in [2.24, 2.45) is 5.92 Å². The van der Waals surface area contributed by atoms with Crippen LogP contribution in [0.3, 0.4) is 0 Å². The topological polar surface area (TPSA) is 89.9 Å². The number of likely N-dealkylation sites (tertiary alicyclic amines) is 1. The zero-order chi connectivity index (χ0) is 22.1. The molecule has 0 atom stereocenters. The number of piperidine rings is 1. The van der Waals surface area contributed by atoms with E-state index >= 15 is 0 Å². The summed E-state index contributed by atoms with van der Waals surface area (Å²) < 4.78 is 7.55. The second-order valence-electron chi connectivity index (χ2n) is 9.37. The predicted molar refractivity (Wildman–Crippen MR) is 119 cm³/mol. The first kappa shape index (κ1) is 20.8. The fourth-order valence-corrected chi connectivity index (χ4v) is 4.89. The SMILES string of the molecule is Cc1cc(C)n(CCC(=O)N2CCC(CC3CC3)(c3noc(-c4ccncc4)n3)CC2)n1. The smallest absolute Gasteiger partial charge is 0.258 e. The van der Waals surface area contributed by atoms with Gasteiger partial charge in [-0.25, -0.2) is 0 Å². The van der Waals surface area contributed by atoms with Gasteiger partial charge in [-0.15, -0.1) is 0 Å². The Kier molecular flexibility index (Phi) is 5.53. The number of hydrogen-bond acceptors (Lipinski definition) is 6. The number of aryl methyl sites for hydroxylation is 3. The maximum atomic E-state index is 12.9. The molecule has 8 heteroatoms. The lowest BCUT2D eigenvalue weighted by atomic mass is 9.73. The average molecular weight is 435 g/mol. The van der Waals surface area contributed by atoms with E-state index in [1.165, 1.54) is 12.8 Å². The molecule has 1 aliphatic carbocycles. The van der Waals surface area contributed by atoms with Crippen molar-refractivity contribution >= 4 is 5.91 Å². The quantitative estimate of drug-likeness (QED) is 0.563. The van der Waals surface area contributed by atoms with Crippen molar-refractivity contribution in [1.29, 1.82) is 0 Å². The third kappa shape index (κ3) is 4.31. The summed E-state index contributed by atoms with van der Waals surface area (Å²) in [6.45, 7) is 6.11. The standard InChI is InChI=1S/C24H30N6O2/c1-17-15-18(2)30(27-17)12-7-21(31)29-13-8-24(9-14-29,16-19-3-4-19)23-26-22(32-28-23)20-5-10-25-11-6-20/h5-6,10-11,15,19H,3-4,7-9,12-14,16H2,1-2H3. The van der Waals surface area contributed by atoms with Gasteiger partial charge in [0.25, 0.3) is 5.89 Å². The lowest BCUT2D eigenvalue weighted by Gasteiger charge is -2.40. The fourth-order valence-electron chi connectivity index (χ4n) is 4.89. The van der Waals surface area contributed by atoms with Crippen molar-refractivity contribution in [3.8, 4) is 11.5 Å². The van der Waals surface area contributed by atoms with E-state index in [1.54, 1.807) is 12.4 Å². The number of carbonyl (C=O) groups excluding carboxylic acids is 1. The summed E-state index contributed by atoms with van der Waals surface area (Å²) >= 11 is 0. The van der Waals surface area contributed by atoms with E-state index in [1.807, 2.05) is 41.6 Å². The molecule has 2 aliphatic rings. The van der Waals surface area contributed by atoms with E-state index in [2.05, 4.69) is 15.2 Å². The number of amides is 1. The Balaban J connectivity index is 1.26. The normalized spacial score (nSPS) is 18.1. The van der Waals surface area contributed by atoms with Crippen molar-refractivity contribution in [2.75, 3.05) is 13.1 Å². The van der Waals surface area contributed by atoms with Gasteiger partial charge >= 0.3 is 0 Å². The Morgan fingerprint density at radius 2 is 1.94 bits per heavy atom. The maximum Gasteiger partial charge on any atom is 0.258 e. The summed E-state index contributed by atoms with van der Waals surface area (Å²) in [6, 6.07) is 5.81. The van der Waals surface area contributed by atoms with Crippen molar-refractivity contribution < 1.29 is 9.32 Å². The highest BCUT2D eigenvalue weighted by atomic mass is 16.5. The van der Waals surface area contributed by atoms with Crippen molar-refractivity contribution in [1.82, 2.24) is 29.8 Å². The second kappa shape index (κ2) is 8.48. The minimum Gasteiger partial charge on any atom is -0.343 e. The van der Waals surface area contributed by atoms with Crippen LogP contribution in [0.1, 0.15) is 55.7 Å². The van der Waals surface area contributed by atoms with Gasteiger partial charge in [-0.05, 0) is 57.2 Å². The molecule has 0 aromatic carbocycles. The van der Waals surface area contributed by atoms with Gasteiger partial charge in [0.05, 0.1) is 5.69 Å². The summed E-state index contributed by atoms with van der Waals surface area (Å²) in [5.41, 5.74) is 2.86. The Morgan fingerprint density at radius 1 is 1.19 bits per heavy atom. The zero-order valence-electron chi connectivity index (χ0n) is 18.8. The Hall–Kier alpha value is -3.03. The third-order valence-electron chi connectivity index (χ3n) is 6.92. The van der Waals surface area contributed by atoms with Crippen LogP contribution >= 0.6 is 0 Å². The molecule has 1 saturated heterocycles. The molecule has 1 amide bonds. The Bertz CT molecular complexity index is 1080. The molecule has 0 N–H and O–H groups in total. The molecule has 1 aliphatic heterocycles. The van der Waals surface area contributed by atoms with Crippen LogP contribution in [-0.2, 0) is 16.8 Å². The van der Waals surface area contributed by atoms with Crippen LogP contribution in [0.2, 0.25) is 0 Å². The zero-order valence-corrected chi connectivity index (χ0v) is 18.8. The lowest BCUT2D eigenvalue weighted by molar-refractivity contribution is -0.133. The molecule has 1 saturated carbocycles. The molecule has 0 spiro atoms. The van der Waals surface area contributed by atoms with Crippen molar-refractivity contribution in [3.05, 3.63) is 47.8 Å². The van der Waals surface area contributed by atoms with E-state index in [9.17, 15) is 4.79 Å². The molecule has 4 heterocycles. The van der Waals surface area contributed by atoms with Crippen molar-refractivity contribution in [2.45, 2.75) is 64.3 Å². The van der Waals surface area contributed by atoms with Gasteiger partial charge in [0.1, 0.15) is 0 Å². The van der Waals surface area contributed by atoms with Gasteiger partial charge in [0.2, 0.25) is 5.91 Å². The van der Waals surface area contributed by atoms with Crippen LogP contribution in [0.25, 0.3) is 11.5 Å². The van der Waals surface area contributed by atoms with E-state index < -0.39 is 0 Å². The van der Waals surface area contributed by atoms with Crippen LogP contribution in [0, 0.1) is 19.8 Å². The predicted octanol–water partition coefficient (Wildman–Crippen LogP) is 3.70. The van der Waals surface area contributed by atoms with Crippen molar-refractivity contribution in [3.63, 3.8) is 0 Å². The van der Waals surface area contributed by atoms with Crippen LogP contribution in [0.4, 0.5) is 0 Å². The van der Waals surface area contributed by atoms with Crippen LogP contribution < -0.4 is 0 Å². The maximum absolute atomic E-state index is 12.9. The van der Waals surface area contributed by atoms with E-state index in [-0.39, 0.29) is 11.3 Å². The number of aromatic nitrogens is 5. The Labute approximate surface area is 188 Å². The van der Waals surface area contributed by atoms with E-state index in [0.29, 0.717) is 18.9 Å². The van der Waals surface area contributed by atoms with Gasteiger partial charge in [-0.1, -0.05) is 18.0 Å². The van der Waals surface area contributed by atoms with Crippen LogP contribution in [0.15, 0.2) is 35.1 Å². The van der Waals surface area contributed by atoms with E-state index in [0.717, 1.165) is 61.0 Å². The monoisotopic (exact) mass is 434 g/mol. The average Bonchev–Trinajstić information content (AvgIpc) is 3.35.